The fraction of sp³-hybridized carbons (Fsp3) is 0.500. The van der Waals surface area contributed by atoms with Gasteiger partial charge in [-0.05, 0) is 61.6 Å². The minimum Gasteiger partial charge on any atom is -0.497 e. The number of amides is 2. The molecule has 2 saturated carbocycles. The van der Waals surface area contributed by atoms with Gasteiger partial charge in [-0.15, -0.1) is 0 Å². The van der Waals surface area contributed by atoms with Crippen molar-refractivity contribution in [2.24, 2.45) is 0 Å². The molecule has 35 heavy (non-hydrogen) atoms. The monoisotopic (exact) mass is 480 g/mol. The van der Waals surface area contributed by atoms with Crippen LogP contribution in [0.4, 0.5) is 0 Å². The number of ether oxygens (including phenoxy) is 3. The summed E-state index contributed by atoms with van der Waals surface area (Å²) >= 11 is 0. The Morgan fingerprint density at radius 1 is 0.829 bits per heavy atom. The number of carbonyl (C=O) groups is 2. The molecular weight excluding hydrogens is 444 g/mol. The summed E-state index contributed by atoms with van der Waals surface area (Å²) in [6.07, 6.45) is 8.04. The van der Waals surface area contributed by atoms with Gasteiger partial charge in [0.2, 0.25) is 5.91 Å². The molecule has 0 heterocycles. The van der Waals surface area contributed by atoms with Crippen molar-refractivity contribution < 1.29 is 23.8 Å². The Hall–Kier alpha value is -3.22. The molecule has 2 aromatic rings. The third-order valence-corrected chi connectivity index (χ3v) is 7.24. The minimum absolute atomic E-state index is 0.0166. The highest BCUT2D eigenvalue weighted by atomic mass is 16.5. The van der Waals surface area contributed by atoms with E-state index < -0.39 is 6.04 Å². The summed E-state index contributed by atoms with van der Waals surface area (Å²) in [5.41, 5.74) is 1.25. The topological polar surface area (TPSA) is 77.1 Å². The zero-order valence-electron chi connectivity index (χ0n) is 20.9. The molecule has 2 aliphatic rings. The van der Waals surface area contributed by atoms with E-state index in [0.717, 1.165) is 56.9 Å². The van der Waals surface area contributed by atoms with Crippen LogP contribution in [0.2, 0.25) is 0 Å². The molecule has 0 radical (unpaired) electrons. The molecule has 0 aliphatic heterocycles. The van der Waals surface area contributed by atoms with Crippen molar-refractivity contribution in [3.63, 3.8) is 0 Å². The summed E-state index contributed by atoms with van der Waals surface area (Å²) in [5, 5.41) is 3.25. The number of hydrogen-bond acceptors (Lipinski definition) is 5. The van der Waals surface area contributed by atoms with Gasteiger partial charge >= 0.3 is 0 Å². The molecule has 7 heteroatoms. The van der Waals surface area contributed by atoms with Gasteiger partial charge in [0, 0.05) is 17.6 Å². The summed E-state index contributed by atoms with van der Waals surface area (Å²) in [6, 6.07) is 12.1. The van der Waals surface area contributed by atoms with Crippen LogP contribution in [0.3, 0.4) is 0 Å². The van der Waals surface area contributed by atoms with Crippen molar-refractivity contribution in [2.75, 3.05) is 21.3 Å². The second-order valence-corrected chi connectivity index (χ2v) is 9.39. The highest BCUT2D eigenvalue weighted by Gasteiger charge is 2.39. The normalized spacial score (nSPS) is 17.1. The zero-order chi connectivity index (χ0) is 24.8. The van der Waals surface area contributed by atoms with Crippen molar-refractivity contribution >= 4 is 11.8 Å². The number of rotatable bonds is 9. The van der Waals surface area contributed by atoms with Crippen LogP contribution in [0, 0.1) is 0 Å². The van der Waals surface area contributed by atoms with Crippen molar-refractivity contribution in [2.45, 2.75) is 69.5 Å². The molecule has 0 saturated heterocycles. The van der Waals surface area contributed by atoms with Gasteiger partial charge < -0.3 is 24.4 Å². The fourth-order valence-electron chi connectivity index (χ4n) is 5.37. The molecule has 2 fully saturated rings. The summed E-state index contributed by atoms with van der Waals surface area (Å²) in [4.78, 5) is 29.7. The van der Waals surface area contributed by atoms with Gasteiger partial charge in [-0.1, -0.05) is 37.8 Å². The van der Waals surface area contributed by atoms with Crippen molar-refractivity contribution in [3.8, 4) is 17.2 Å². The maximum atomic E-state index is 14.1. The standard InChI is InChI=1S/C28H36N2O5/c1-33-23-15-12-19(13-16-23)26(27(31)29-21-8-4-5-9-21)30(22-10-6-7-11-22)28(32)20-14-17-24(34-2)25(18-20)35-3/h12-18,21-22,26H,4-11H2,1-3H3,(H,29,31)/t26-/m1/s1. The molecule has 188 valence electrons. The first-order chi connectivity index (χ1) is 17.0. The first kappa shape index (κ1) is 24.9. The van der Waals surface area contributed by atoms with Gasteiger partial charge in [0.1, 0.15) is 11.8 Å². The molecule has 2 aliphatic carbocycles. The highest BCUT2D eigenvalue weighted by molar-refractivity contribution is 5.98. The molecule has 2 amide bonds. The van der Waals surface area contributed by atoms with Gasteiger partial charge in [0.05, 0.1) is 21.3 Å². The molecule has 0 spiro atoms. The number of carbonyl (C=O) groups excluding carboxylic acids is 2. The van der Waals surface area contributed by atoms with Crippen LogP contribution in [0.25, 0.3) is 0 Å². The summed E-state index contributed by atoms with van der Waals surface area (Å²) in [5.74, 6) is 1.45. The zero-order valence-corrected chi connectivity index (χ0v) is 20.9. The Morgan fingerprint density at radius 3 is 2.06 bits per heavy atom. The van der Waals surface area contributed by atoms with Gasteiger partial charge in [0.25, 0.3) is 5.91 Å². The number of methoxy groups -OCH3 is 3. The lowest BCUT2D eigenvalue weighted by molar-refractivity contribution is -0.127. The van der Waals surface area contributed by atoms with E-state index in [2.05, 4.69) is 5.32 Å². The smallest absolute Gasteiger partial charge is 0.255 e. The fourth-order valence-corrected chi connectivity index (χ4v) is 5.37. The lowest BCUT2D eigenvalue weighted by atomic mass is 9.99. The Labute approximate surface area is 207 Å². The maximum absolute atomic E-state index is 14.1. The maximum Gasteiger partial charge on any atom is 0.255 e. The average Bonchev–Trinajstić information content (AvgIpc) is 3.61. The summed E-state index contributed by atoms with van der Waals surface area (Å²) in [7, 11) is 4.73. The van der Waals surface area contributed by atoms with E-state index in [9.17, 15) is 9.59 Å². The Kier molecular flexibility index (Phi) is 8.16. The molecule has 0 bridgehead atoms. The number of benzene rings is 2. The minimum atomic E-state index is -0.731. The van der Waals surface area contributed by atoms with Crippen LogP contribution < -0.4 is 19.5 Å². The van der Waals surface area contributed by atoms with Gasteiger partial charge in [0.15, 0.2) is 11.5 Å². The van der Waals surface area contributed by atoms with E-state index in [4.69, 9.17) is 14.2 Å². The van der Waals surface area contributed by atoms with Crippen LogP contribution in [-0.4, -0.2) is 50.1 Å². The van der Waals surface area contributed by atoms with E-state index in [0.29, 0.717) is 22.8 Å². The van der Waals surface area contributed by atoms with E-state index in [-0.39, 0.29) is 23.9 Å². The van der Waals surface area contributed by atoms with Crippen molar-refractivity contribution in [1.29, 1.82) is 0 Å². The number of hydrogen-bond donors (Lipinski definition) is 1. The second kappa shape index (κ2) is 11.5. The number of nitrogens with zero attached hydrogens (tertiary/aromatic N) is 1. The summed E-state index contributed by atoms with van der Waals surface area (Å²) < 4.78 is 16.1. The highest BCUT2D eigenvalue weighted by Crippen LogP contribution is 2.36. The Bertz CT molecular complexity index is 1010. The van der Waals surface area contributed by atoms with Crippen LogP contribution in [0.5, 0.6) is 17.2 Å². The molecule has 4 rings (SSSR count). The Morgan fingerprint density at radius 2 is 1.46 bits per heavy atom. The lowest BCUT2D eigenvalue weighted by Gasteiger charge is -2.37. The van der Waals surface area contributed by atoms with Crippen LogP contribution in [0.15, 0.2) is 42.5 Å². The molecule has 7 nitrogen and oxygen atoms in total. The van der Waals surface area contributed by atoms with E-state index >= 15 is 0 Å². The van der Waals surface area contributed by atoms with Gasteiger partial charge in [-0.3, -0.25) is 9.59 Å². The molecule has 0 aromatic heterocycles. The van der Waals surface area contributed by atoms with Crippen LogP contribution in [0.1, 0.15) is 73.3 Å². The third-order valence-electron chi connectivity index (χ3n) is 7.24. The average molecular weight is 481 g/mol. The van der Waals surface area contributed by atoms with Crippen LogP contribution in [-0.2, 0) is 4.79 Å². The molecule has 1 atom stereocenters. The van der Waals surface area contributed by atoms with Crippen LogP contribution >= 0.6 is 0 Å². The third kappa shape index (κ3) is 5.55. The molecular formula is C28H36N2O5. The first-order valence-corrected chi connectivity index (χ1v) is 12.5. The second-order valence-electron chi connectivity index (χ2n) is 9.39. The molecule has 1 N–H and O–H groups in total. The van der Waals surface area contributed by atoms with E-state index in [1.807, 2.05) is 24.3 Å². The first-order valence-electron chi connectivity index (χ1n) is 12.5. The molecule has 0 unspecified atom stereocenters. The van der Waals surface area contributed by atoms with Gasteiger partial charge in [-0.25, -0.2) is 0 Å². The quantitative estimate of drug-likeness (QED) is 0.553. The molecule has 2 aromatic carbocycles. The predicted molar refractivity (Wildman–Crippen MR) is 134 cm³/mol. The number of nitrogens with one attached hydrogen (secondary N) is 1. The van der Waals surface area contributed by atoms with Gasteiger partial charge in [-0.2, -0.15) is 0 Å². The lowest BCUT2D eigenvalue weighted by Crippen LogP contribution is -2.49. The van der Waals surface area contributed by atoms with Crippen molar-refractivity contribution in [3.05, 3.63) is 53.6 Å². The Balaban J connectivity index is 1.75. The van der Waals surface area contributed by atoms with E-state index in [1.165, 1.54) is 0 Å². The van der Waals surface area contributed by atoms with Crippen molar-refractivity contribution in [1.82, 2.24) is 10.2 Å². The summed E-state index contributed by atoms with van der Waals surface area (Å²) in [6.45, 7) is 0. The largest absolute Gasteiger partial charge is 0.497 e. The SMILES string of the molecule is COc1ccc([C@H](C(=O)NC2CCCC2)N(C(=O)c2ccc(OC)c(OC)c2)C2CCCC2)cc1. The predicted octanol–water partition coefficient (Wildman–Crippen LogP) is 4.90. The van der Waals surface area contributed by atoms with E-state index in [1.54, 1.807) is 44.4 Å².